The van der Waals surface area contributed by atoms with Gasteiger partial charge in [0.15, 0.2) is 0 Å². The Balaban J connectivity index is 1.38. The van der Waals surface area contributed by atoms with Gasteiger partial charge in [-0.2, -0.15) is 10.2 Å². The second-order valence-electron chi connectivity index (χ2n) is 12.7. The third kappa shape index (κ3) is 6.09. The molecule has 0 radical (unpaired) electrons. The third-order valence-corrected chi connectivity index (χ3v) is 11.1. The summed E-state index contributed by atoms with van der Waals surface area (Å²) in [5, 5.41) is 22.3. The van der Waals surface area contributed by atoms with Crippen LogP contribution in [0.2, 0.25) is 0 Å². The summed E-state index contributed by atoms with van der Waals surface area (Å²) in [6.45, 7) is 6.29. The van der Waals surface area contributed by atoms with Gasteiger partial charge in [0.2, 0.25) is 0 Å². The molecule has 0 saturated heterocycles. The fourth-order valence-corrected chi connectivity index (χ4v) is 8.86. The molecule has 7 rings (SSSR count). The van der Waals surface area contributed by atoms with Crippen LogP contribution in [0.4, 0.5) is 8.78 Å². The molecular weight excluding hydrogens is 665 g/mol. The van der Waals surface area contributed by atoms with Crippen molar-refractivity contribution in [3.05, 3.63) is 94.2 Å². The number of halogens is 2. The number of carbonyl (C=O) groups is 1. The molecular formula is C37H37F2N5O3S2. The topological polar surface area (TPSA) is 87.1 Å². The molecule has 6 aromatic rings. The summed E-state index contributed by atoms with van der Waals surface area (Å²) in [5.41, 5.74) is 5.91. The number of aryl methyl sites for hydroxylation is 4. The van der Waals surface area contributed by atoms with Crippen molar-refractivity contribution < 1.29 is 23.4 Å². The Hall–Kier alpha value is -4.29. The number of carboxylic acid groups (broad SMARTS) is 1. The standard InChI is InChI=1S/C37H37F2N5O3S2/c1-20(2)44-31-19-48-17-24-15-25(43(5)41-24)18-49-26-14-22-13-23(38)8-9-27(22)32(16-26)47-12-6-7-28-29-10-11-30(39)34(33(31)21(3)40-44)35(29)42(4)36(28)37(45)46/h8-11,13-16,20H,6-7,12,17-19H2,1-5H3,(H,45,46). The van der Waals surface area contributed by atoms with E-state index in [0.29, 0.717) is 75.7 Å². The lowest BCUT2D eigenvalue weighted by Crippen LogP contribution is -2.09. The van der Waals surface area contributed by atoms with Crippen LogP contribution in [-0.4, -0.2) is 41.8 Å². The first-order valence-electron chi connectivity index (χ1n) is 16.2. The van der Waals surface area contributed by atoms with Crippen LogP contribution in [0.15, 0.2) is 53.4 Å². The number of carboxylic acids is 1. The van der Waals surface area contributed by atoms with E-state index < -0.39 is 11.8 Å². The number of hydrogen-bond acceptors (Lipinski definition) is 6. The molecule has 1 aliphatic rings. The van der Waals surface area contributed by atoms with Gasteiger partial charge < -0.3 is 14.4 Å². The summed E-state index contributed by atoms with van der Waals surface area (Å²) in [7, 11) is 3.63. The zero-order chi connectivity index (χ0) is 34.6. The fraction of sp³-hybridized carbons (Fsp3) is 0.324. The summed E-state index contributed by atoms with van der Waals surface area (Å²) in [4.78, 5) is 13.7. The third-order valence-electron chi connectivity index (χ3n) is 9.12. The monoisotopic (exact) mass is 701 g/mol. The average Bonchev–Trinajstić information content (AvgIpc) is 3.67. The molecule has 4 heterocycles. The molecule has 49 heavy (non-hydrogen) atoms. The van der Waals surface area contributed by atoms with Crippen molar-refractivity contribution >= 4 is 51.2 Å². The zero-order valence-corrected chi connectivity index (χ0v) is 29.6. The summed E-state index contributed by atoms with van der Waals surface area (Å²) in [6.07, 6.45) is 0.913. The summed E-state index contributed by atoms with van der Waals surface area (Å²) < 4.78 is 42.3. The first kappa shape index (κ1) is 33.2. The van der Waals surface area contributed by atoms with Crippen molar-refractivity contribution in [3.63, 3.8) is 0 Å². The maximum Gasteiger partial charge on any atom is 0.352 e. The van der Waals surface area contributed by atoms with Crippen LogP contribution in [0.5, 0.6) is 5.75 Å². The molecule has 0 aliphatic carbocycles. The molecule has 1 N–H and O–H groups in total. The number of nitrogens with zero attached hydrogens (tertiary/aromatic N) is 5. The molecule has 12 heteroatoms. The van der Waals surface area contributed by atoms with Gasteiger partial charge in [0.1, 0.15) is 23.1 Å². The van der Waals surface area contributed by atoms with Crippen LogP contribution >= 0.6 is 23.5 Å². The van der Waals surface area contributed by atoms with E-state index in [1.54, 1.807) is 47.3 Å². The van der Waals surface area contributed by atoms with Gasteiger partial charge in [0.05, 0.1) is 29.2 Å². The van der Waals surface area contributed by atoms with E-state index in [2.05, 4.69) is 19.9 Å². The average molecular weight is 702 g/mol. The first-order chi connectivity index (χ1) is 23.5. The van der Waals surface area contributed by atoms with Gasteiger partial charge in [-0.1, -0.05) is 0 Å². The molecule has 8 nitrogen and oxygen atoms in total. The van der Waals surface area contributed by atoms with Crippen molar-refractivity contribution in [2.45, 2.75) is 61.8 Å². The highest BCUT2D eigenvalue weighted by atomic mass is 32.2. The number of benzene rings is 3. The predicted octanol–water partition coefficient (Wildman–Crippen LogP) is 8.84. The molecule has 0 atom stereocenters. The van der Waals surface area contributed by atoms with Gasteiger partial charge in [-0.25, -0.2) is 13.6 Å². The molecule has 0 amide bonds. The number of thioether (sulfide) groups is 2. The first-order valence-corrected chi connectivity index (χ1v) is 18.4. The van der Waals surface area contributed by atoms with E-state index >= 15 is 4.39 Å². The normalized spacial score (nSPS) is 14.3. The number of aromatic carboxylic acids is 1. The Morgan fingerprint density at radius 2 is 1.78 bits per heavy atom. The van der Waals surface area contributed by atoms with Gasteiger partial charge in [0, 0.05) is 69.9 Å². The van der Waals surface area contributed by atoms with Gasteiger partial charge >= 0.3 is 5.97 Å². The Morgan fingerprint density at radius 1 is 0.980 bits per heavy atom. The molecule has 0 fully saturated rings. The van der Waals surface area contributed by atoms with E-state index in [4.69, 9.17) is 14.9 Å². The number of fused-ring (bicyclic) bond motifs is 8. The smallest absolute Gasteiger partial charge is 0.352 e. The number of aromatic nitrogens is 5. The van der Waals surface area contributed by atoms with Crippen molar-refractivity contribution in [2.24, 2.45) is 14.1 Å². The van der Waals surface area contributed by atoms with Crippen molar-refractivity contribution in [3.8, 4) is 16.9 Å². The number of rotatable bonds is 2. The Labute approximate surface area is 291 Å². The minimum Gasteiger partial charge on any atom is -0.493 e. The molecule has 0 spiro atoms. The molecule has 1 aliphatic heterocycles. The van der Waals surface area contributed by atoms with E-state index in [0.717, 1.165) is 32.7 Å². The highest BCUT2D eigenvalue weighted by molar-refractivity contribution is 7.98. The molecule has 3 aromatic heterocycles. The lowest BCUT2D eigenvalue weighted by Gasteiger charge is -2.14. The van der Waals surface area contributed by atoms with Gasteiger partial charge in [-0.15, -0.1) is 23.5 Å². The van der Waals surface area contributed by atoms with Crippen molar-refractivity contribution in [2.75, 3.05) is 6.61 Å². The van der Waals surface area contributed by atoms with E-state index in [1.165, 1.54) is 18.2 Å². The molecule has 8 bridgehead atoms. The van der Waals surface area contributed by atoms with Crippen LogP contribution in [0.1, 0.15) is 65.1 Å². The minimum absolute atomic E-state index is 0.0304. The van der Waals surface area contributed by atoms with Crippen LogP contribution in [0.3, 0.4) is 0 Å². The molecule has 254 valence electrons. The zero-order valence-electron chi connectivity index (χ0n) is 28.0. The Morgan fingerprint density at radius 3 is 2.55 bits per heavy atom. The summed E-state index contributed by atoms with van der Waals surface area (Å²) in [6, 6.07) is 13.9. The summed E-state index contributed by atoms with van der Waals surface area (Å²) >= 11 is 3.31. The minimum atomic E-state index is -1.08. The molecule has 0 unspecified atom stereocenters. The van der Waals surface area contributed by atoms with Gasteiger partial charge in [-0.05, 0) is 93.1 Å². The predicted molar refractivity (Wildman–Crippen MR) is 192 cm³/mol. The maximum atomic E-state index is 16.2. The lowest BCUT2D eigenvalue weighted by molar-refractivity contribution is 0.0685. The van der Waals surface area contributed by atoms with Gasteiger partial charge in [0.25, 0.3) is 0 Å². The van der Waals surface area contributed by atoms with Crippen molar-refractivity contribution in [1.29, 1.82) is 0 Å². The summed E-state index contributed by atoms with van der Waals surface area (Å²) in [5.74, 6) is 0.672. The van der Waals surface area contributed by atoms with Gasteiger partial charge in [-0.3, -0.25) is 9.36 Å². The van der Waals surface area contributed by atoms with E-state index in [9.17, 15) is 14.3 Å². The lowest BCUT2D eigenvalue weighted by atomic mass is 9.98. The largest absolute Gasteiger partial charge is 0.493 e. The number of ether oxygens (including phenoxy) is 1. The van der Waals surface area contributed by atoms with Crippen LogP contribution in [0, 0.1) is 18.6 Å². The number of hydrogen-bond donors (Lipinski definition) is 1. The Kier molecular flexibility index (Phi) is 8.95. The molecule has 0 saturated carbocycles. The fourth-order valence-electron chi connectivity index (χ4n) is 6.95. The SMILES string of the molecule is Cc1nn(C(C)C)c2c1-c1c(F)ccc3c(c(C(=O)O)n(C)c13)CCCOc1cc(cc3cc(F)ccc13)SCc1cc(nn1C)CSC2. The quantitative estimate of drug-likeness (QED) is 0.193. The Bertz CT molecular complexity index is 2250. The molecule has 3 aromatic carbocycles. The highest BCUT2D eigenvalue weighted by Gasteiger charge is 2.28. The van der Waals surface area contributed by atoms with Crippen LogP contribution < -0.4 is 4.74 Å². The van der Waals surface area contributed by atoms with Crippen LogP contribution in [0.25, 0.3) is 32.8 Å². The second-order valence-corrected chi connectivity index (χ2v) is 14.8. The highest BCUT2D eigenvalue weighted by Crippen LogP contribution is 2.41. The maximum absolute atomic E-state index is 16.2. The van der Waals surface area contributed by atoms with Crippen molar-refractivity contribution in [1.82, 2.24) is 24.1 Å². The van der Waals surface area contributed by atoms with E-state index in [-0.39, 0.29) is 17.6 Å². The van der Waals surface area contributed by atoms with E-state index in [1.807, 2.05) is 35.5 Å². The van der Waals surface area contributed by atoms with Crippen LogP contribution in [-0.2, 0) is 37.8 Å². The second kappa shape index (κ2) is 13.2.